The van der Waals surface area contributed by atoms with Crippen LogP contribution in [0.15, 0.2) is 36.5 Å². The molecule has 0 aliphatic rings. The summed E-state index contributed by atoms with van der Waals surface area (Å²) in [5.41, 5.74) is 2.59. The normalized spacial score (nSPS) is 10.5. The molecule has 2 aromatic heterocycles. The Morgan fingerprint density at radius 2 is 2.10 bits per heavy atom. The van der Waals surface area contributed by atoms with Crippen LogP contribution >= 0.6 is 0 Å². The predicted octanol–water partition coefficient (Wildman–Crippen LogP) is 2.48. The van der Waals surface area contributed by atoms with Crippen LogP contribution in [0.3, 0.4) is 0 Å². The van der Waals surface area contributed by atoms with Gasteiger partial charge < -0.3 is 0 Å². The van der Waals surface area contributed by atoms with Gasteiger partial charge in [-0.3, -0.25) is 14.5 Å². The number of hydrogen-bond donors (Lipinski definition) is 0. The highest BCUT2D eigenvalue weighted by Gasteiger charge is 2.14. The Morgan fingerprint density at radius 3 is 2.76 bits per heavy atom. The summed E-state index contributed by atoms with van der Waals surface area (Å²) in [5.74, 6) is 0.550. The van der Waals surface area contributed by atoms with Crippen molar-refractivity contribution in [3.8, 4) is 17.5 Å². The molecular weight excluding hydrogens is 270 g/mol. The molecule has 0 N–H and O–H groups in total. The van der Waals surface area contributed by atoms with Crippen molar-refractivity contribution in [3.63, 3.8) is 0 Å². The third kappa shape index (κ3) is 2.08. The largest absolute Gasteiger partial charge is 0.281 e. The van der Waals surface area contributed by atoms with E-state index >= 15 is 0 Å². The number of hydrogen-bond acceptors (Lipinski definition) is 5. The van der Waals surface area contributed by atoms with Gasteiger partial charge in [-0.1, -0.05) is 0 Å². The Bertz CT molecular complexity index is 907. The summed E-state index contributed by atoms with van der Waals surface area (Å²) in [6.07, 6.45) is 1.64. The fraction of sp³-hybridized carbons (Fsp3) is 0.0714. The fourth-order valence-corrected chi connectivity index (χ4v) is 2.15. The fourth-order valence-electron chi connectivity index (χ4n) is 2.15. The Balaban J connectivity index is 2.21. The summed E-state index contributed by atoms with van der Waals surface area (Å²) < 4.78 is 1.70. The van der Waals surface area contributed by atoms with Gasteiger partial charge in [0.2, 0.25) is 0 Å². The monoisotopic (exact) mass is 279 g/mol. The number of nitro benzene ring substituents is 1. The van der Waals surface area contributed by atoms with E-state index in [4.69, 9.17) is 5.26 Å². The van der Waals surface area contributed by atoms with Crippen molar-refractivity contribution in [3.05, 3.63) is 57.8 Å². The van der Waals surface area contributed by atoms with Crippen LogP contribution in [0.25, 0.3) is 17.0 Å². The lowest BCUT2D eigenvalue weighted by atomic mass is 10.1. The van der Waals surface area contributed by atoms with Crippen molar-refractivity contribution in [2.24, 2.45) is 0 Å². The van der Waals surface area contributed by atoms with Gasteiger partial charge in [0.1, 0.15) is 6.07 Å². The van der Waals surface area contributed by atoms with Gasteiger partial charge in [-0.25, -0.2) is 0 Å². The van der Waals surface area contributed by atoms with Crippen molar-refractivity contribution in [2.45, 2.75) is 6.92 Å². The maximum absolute atomic E-state index is 10.8. The maximum Gasteiger partial charge on any atom is 0.269 e. The summed E-state index contributed by atoms with van der Waals surface area (Å²) in [6.45, 7) is 1.78. The zero-order valence-corrected chi connectivity index (χ0v) is 11.0. The minimum Gasteiger partial charge on any atom is -0.281 e. The molecule has 3 rings (SSSR count). The van der Waals surface area contributed by atoms with Gasteiger partial charge in [-0.15, -0.1) is 10.2 Å². The van der Waals surface area contributed by atoms with E-state index in [9.17, 15) is 10.1 Å². The summed E-state index contributed by atoms with van der Waals surface area (Å²) in [6, 6.07) is 9.99. The van der Waals surface area contributed by atoms with E-state index in [0.717, 1.165) is 11.1 Å². The number of aryl methyl sites for hydroxylation is 1. The highest BCUT2D eigenvalue weighted by atomic mass is 16.6. The van der Waals surface area contributed by atoms with Crippen molar-refractivity contribution < 1.29 is 4.92 Å². The molecule has 7 nitrogen and oxygen atoms in total. The lowest BCUT2D eigenvalue weighted by Gasteiger charge is -2.04. The van der Waals surface area contributed by atoms with E-state index in [-0.39, 0.29) is 5.69 Å². The van der Waals surface area contributed by atoms with Crippen LogP contribution in [0.4, 0.5) is 5.69 Å². The summed E-state index contributed by atoms with van der Waals surface area (Å²) in [5, 5.41) is 27.9. The van der Waals surface area contributed by atoms with Crippen LogP contribution in [0.2, 0.25) is 0 Å². The van der Waals surface area contributed by atoms with Gasteiger partial charge in [0, 0.05) is 23.9 Å². The van der Waals surface area contributed by atoms with Crippen molar-refractivity contribution >= 4 is 11.3 Å². The first-order valence-electron chi connectivity index (χ1n) is 6.10. The Labute approximate surface area is 119 Å². The molecular formula is C14H9N5O2. The van der Waals surface area contributed by atoms with Gasteiger partial charge >= 0.3 is 0 Å². The first-order valence-corrected chi connectivity index (χ1v) is 6.10. The summed E-state index contributed by atoms with van der Waals surface area (Å²) in [7, 11) is 0. The second-order valence-electron chi connectivity index (χ2n) is 4.54. The average molecular weight is 279 g/mol. The molecule has 0 spiro atoms. The SMILES string of the molecule is Cc1cc([N+](=O)[O-])ccc1-c1nnc2ccc(C#N)cn12. The van der Waals surface area contributed by atoms with Crippen LogP contribution in [-0.2, 0) is 0 Å². The number of benzene rings is 1. The Hall–Kier alpha value is -3.27. The van der Waals surface area contributed by atoms with Crippen molar-refractivity contribution in [1.82, 2.24) is 14.6 Å². The van der Waals surface area contributed by atoms with E-state index in [1.165, 1.54) is 12.1 Å². The molecule has 102 valence electrons. The molecule has 0 aliphatic carbocycles. The number of pyridine rings is 1. The van der Waals surface area contributed by atoms with Gasteiger partial charge in [0.15, 0.2) is 11.5 Å². The highest BCUT2D eigenvalue weighted by Crippen LogP contribution is 2.26. The molecule has 0 saturated heterocycles. The molecule has 0 radical (unpaired) electrons. The molecule has 0 unspecified atom stereocenters. The third-order valence-corrected chi connectivity index (χ3v) is 3.19. The van der Waals surface area contributed by atoms with E-state index in [1.54, 1.807) is 35.7 Å². The topological polar surface area (TPSA) is 97.1 Å². The standard InChI is InChI=1S/C14H9N5O2/c1-9-6-11(19(20)21)3-4-12(9)14-17-16-13-5-2-10(7-15)8-18(13)14/h2-6,8H,1H3. The smallest absolute Gasteiger partial charge is 0.269 e. The minimum absolute atomic E-state index is 0.0304. The molecule has 1 aromatic carbocycles. The summed E-state index contributed by atoms with van der Waals surface area (Å²) >= 11 is 0. The van der Waals surface area contributed by atoms with Gasteiger partial charge in [-0.2, -0.15) is 5.26 Å². The molecule has 0 atom stereocenters. The number of non-ortho nitro benzene ring substituents is 1. The van der Waals surface area contributed by atoms with Crippen LogP contribution < -0.4 is 0 Å². The Morgan fingerprint density at radius 1 is 1.29 bits per heavy atom. The van der Waals surface area contributed by atoms with E-state index in [0.29, 0.717) is 17.0 Å². The zero-order valence-electron chi connectivity index (χ0n) is 11.0. The predicted molar refractivity (Wildman–Crippen MR) is 74.5 cm³/mol. The first kappa shape index (κ1) is 12.7. The molecule has 0 fully saturated rings. The first-order chi connectivity index (χ1) is 10.1. The van der Waals surface area contributed by atoms with E-state index in [2.05, 4.69) is 16.3 Å². The van der Waals surface area contributed by atoms with Crippen molar-refractivity contribution in [2.75, 3.05) is 0 Å². The van der Waals surface area contributed by atoms with E-state index in [1.807, 2.05) is 0 Å². The Kier molecular flexibility index (Phi) is 2.84. The molecule has 7 heteroatoms. The van der Waals surface area contributed by atoms with E-state index < -0.39 is 4.92 Å². The maximum atomic E-state index is 10.8. The molecule has 0 amide bonds. The quantitative estimate of drug-likeness (QED) is 0.530. The number of aromatic nitrogens is 3. The minimum atomic E-state index is -0.438. The molecule has 0 saturated carbocycles. The number of nitro groups is 1. The number of fused-ring (bicyclic) bond motifs is 1. The lowest BCUT2D eigenvalue weighted by molar-refractivity contribution is -0.384. The van der Waals surface area contributed by atoms with Crippen LogP contribution in [0.1, 0.15) is 11.1 Å². The summed E-state index contributed by atoms with van der Waals surface area (Å²) in [4.78, 5) is 10.3. The molecule has 3 aromatic rings. The van der Waals surface area contributed by atoms with Gasteiger partial charge in [0.25, 0.3) is 5.69 Å². The number of nitrogens with zero attached hydrogens (tertiary/aromatic N) is 5. The van der Waals surface area contributed by atoms with Crippen molar-refractivity contribution in [1.29, 1.82) is 5.26 Å². The molecule has 0 bridgehead atoms. The number of nitriles is 1. The van der Waals surface area contributed by atoms with Gasteiger partial charge in [0.05, 0.1) is 10.5 Å². The molecule has 21 heavy (non-hydrogen) atoms. The average Bonchev–Trinajstić information content (AvgIpc) is 2.89. The molecule has 0 aliphatic heterocycles. The van der Waals surface area contributed by atoms with Crippen LogP contribution in [-0.4, -0.2) is 19.5 Å². The second-order valence-corrected chi connectivity index (χ2v) is 4.54. The second kappa shape index (κ2) is 4.68. The molecule has 2 heterocycles. The highest BCUT2D eigenvalue weighted by molar-refractivity contribution is 5.65. The van der Waals surface area contributed by atoms with Gasteiger partial charge in [-0.05, 0) is 30.7 Å². The number of rotatable bonds is 2. The lowest BCUT2D eigenvalue weighted by Crippen LogP contribution is -1.95. The zero-order chi connectivity index (χ0) is 15.0. The van der Waals surface area contributed by atoms with Crippen LogP contribution in [0, 0.1) is 28.4 Å². The van der Waals surface area contributed by atoms with Crippen LogP contribution in [0.5, 0.6) is 0 Å². The third-order valence-electron chi connectivity index (χ3n) is 3.19.